The van der Waals surface area contributed by atoms with Gasteiger partial charge in [0.05, 0.1) is 5.39 Å². The van der Waals surface area contributed by atoms with Crippen LogP contribution in [0.4, 0.5) is 0 Å². The van der Waals surface area contributed by atoms with Crippen LogP contribution in [0.2, 0.25) is 0 Å². The van der Waals surface area contributed by atoms with Crippen molar-refractivity contribution in [3.8, 4) is 0 Å². The number of hydrogen-bond donors (Lipinski definition) is 0. The van der Waals surface area contributed by atoms with Gasteiger partial charge in [-0.3, -0.25) is 23.3 Å². The summed E-state index contributed by atoms with van der Waals surface area (Å²) in [5, 5.41) is 0.371. The maximum absolute atomic E-state index is 11.9. The van der Waals surface area contributed by atoms with Gasteiger partial charge in [0, 0.05) is 26.7 Å². The van der Waals surface area contributed by atoms with Crippen LogP contribution in [0.3, 0.4) is 0 Å². The number of pyridine rings is 1. The fraction of sp³-hybridized carbons (Fsp3) is 0.364. The van der Waals surface area contributed by atoms with Gasteiger partial charge in [-0.05, 0) is 13.0 Å². The summed E-state index contributed by atoms with van der Waals surface area (Å²) < 4.78 is 3.79. The minimum atomic E-state index is -0.411. The monoisotopic (exact) mass is 235 g/mol. The Morgan fingerprint density at radius 2 is 1.71 bits per heavy atom. The first kappa shape index (κ1) is 11.4. The normalized spacial score (nSPS) is 11.0. The Kier molecular flexibility index (Phi) is 2.49. The summed E-state index contributed by atoms with van der Waals surface area (Å²) in [6.07, 6.45) is 0. The Morgan fingerprint density at radius 3 is 2.29 bits per heavy atom. The predicted octanol–water partition coefficient (Wildman–Crippen LogP) is -0.581. The van der Waals surface area contributed by atoms with Crippen molar-refractivity contribution >= 4 is 11.0 Å². The first-order chi connectivity index (χ1) is 7.99. The Bertz CT molecular complexity index is 764. The number of rotatable bonds is 1. The minimum Gasteiger partial charge on any atom is -0.297 e. The third kappa shape index (κ3) is 1.44. The highest BCUT2D eigenvalue weighted by atomic mass is 16.2. The summed E-state index contributed by atoms with van der Waals surface area (Å²) in [5.41, 5.74) is -0.669. The summed E-state index contributed by atoms with van der Waals surface area (Å²) in [4.78, 5) is 35.4. The minimum absolute atomic E-state index is 0.243. The molecule has 17 heavy (non-hydrogen) atoms. The van der Waals surface area contributed by atoms with Crippen LogP contribution >= 0.6 is 0 Å². The van der Waals surface area contributed by atoms with E-state index in [1.807, 2.05) is 0 Å². The van der Waals surface area contributed by atoms with E-state index in [-0.39, 0.29) is 11.1 Å². The lowest BCUT2D eigenvalue weighted by molar-refractivity contribution is 0.636. The molecule has 0 fully saturated rings. The molecule has 0 radical (unpaired) electrons. The topological polar surface area (TPSA) is 66.0 Å². The highest BCUT2D eigenvalue weighted by Gasteiger charge is 2.12. The van der Waals surface area contributed by atoms with Gasteiger partial charge in [-0.15, -0.1) is 0 Å². The molecule has 0 N–H and O–H groups in total. The lowest BCUT2D eigenvalue weighted by Gasteiger charge is -2.12. The molecule has 0 aliphatic heterocycles. The maximum atomic E-state index is 11.9. The molecule has 0 saturated carbocycles. The lowest BCUT2D eigenvalue weighted by Crippen LogP contribution is -2.40. The Balaban J connectivity index is 3.25. The largest absolute Gasteiger partial charge is 0.332 e. The second kappa shape index (κ2) is 3.73. The number of aryl methyl sites for hydroxylation is 2. The van der Waals surface area contributed by atoms with E-state index in [9.17, 15) is 14.4 Å². The fourth-order valence-corrected chi connectivity index (χ4v) is 1.94. The van der Waals surface area contributed by atoms with Gasteiger partial charge in [-0.2, -0.15) is 0 Å². The van der Waals surface area contributed by atoms with E-state index in [0.29, 0.717) is 17.6 Å². The molecule has 0 amide bonds. The zero-order chi connectivity index (χ0) is 12.7. The molecule has 2 heterocycles. The van der Waals surface area contributed by atoms with E-state index in [2.05, 4.69) is 0 Å². The van der Waals surface area contributed by atoms with Crippen molar-refractivity contribution in [2.24, 2.45) is 14.1 Å². The average Bonchev–Trinajstić information content (AvgIpc) is 2.32. The van der Waals surface area contributed by atoms with Crippen molar-refractivity contribution in [1.82, 2.24) is 13.7 Å². The molecule has 0 aliphatic rings. The van der Waals surface area contributed by atoms with E-state index >= 15 is 0 Å². The predicted molar refractivity (Wildman–Crippen MR) is 64.4 cm³/mol. The van der Waals surface area contributed by atoms with Crippen molar-refractivity contribution in [2.75, 3.05) is 0 Å². The molecule has 0 aliphatic carbocycles. The molecule has 0 unspecified atom stereocenters. The zero-order valence-corrected chi connectivity index (χ0v) is 9.93. The van der Waals surface area contributed by atoms with Crippen LogP contribution in [-0.4, -0.2) is 13.7 Å². The molecular weight excluding hydrogens is 222 g/mol. The van der Waals surface area contributed by atoms with Crippen molar-refractivity contribution in [3.05, 3.63) is 43.3 Å². The molecule has 6 nitrogen and oxygen atoms in total. The number of aromatic nitrogens is 3. The van der Waals surface area contributed by atoms with E-state index in [1.165, 1.54) is 28.3 Å². The van der Waals surface area contributed by atoms with E-state index < -0.39 is 5.69 Å². The van der Waals surface area contributed by atoms with Crippen LogP contribution in [0.15, 0.2) is 26.5 Å². The van der Waals surface area contributed by atoms with Crippen LogP contribution in [-0.2, 0) is 20.6 Å². The van der Waals surface area contributed by atoms with Gasteiger partial charge in [0.2, 0.25) is 0 Å². The lowest BCUT2D eigenvalue weighted by atomic mass is 10.3. The summed E-state index contributed by atoms with van der Waals surface area (Å²) in [7, 11) is 2.98. The van der Waals surface area contributed by atoms with Gasteiger partial charge < -0.3 is 0 Å². The molecule has 0 aromatic carbocycles. The van der Waals surface area contributed by atoms with Crippen molar-refractivity contribution in [1.29, 1.82) is 0 Å². The van der Waals surface area contributed by atoms with Crippen LogP contribution < -0.4 is 16.8 Å². The van der Waals surface area contributed by atoms with Crippen LogP contribution in [0.1, 0.15) is 6.92 Å². The number of nitrogens with zero attached hydrogens (tertiary/aromatic N) is 3. The van der Waals surface area contributed by atoms with Gasteiger partial charge in [0.25, 0.3) is 11.1 Å². The Morgan fingerprint density at radius 1 is 1.06 bits per heavy atom. The molecule has 0 spiro atoms. The number of hydrogen-bond acceptors (Lipinski definition) is 3. The van der Waals surface area contributed by atoms with Gasteiger partial charge in [0.15, 0.2) is 0 Å². The van der Waals surface area contributed by atoms with Gasteiger partial charge in [0.1, 0.15) is 5.65 Å². The number of fused-ring (bicyclic) bond motifs is 1. The van der Waals surface area contributed by atoms with Crippen molar-refractivity contribution in [3.63, 3.8) is 0 Å². The summed E-state index contributed by atoms with van der Waals surface area (Å²) in [6, 6.07) is 2.79. The standard InChI is InChI=1S/C11H13N3O3/c1-4-14-9-7(5-6-8(15)12(9)2)10(16)13(3)11(14)17/h5-6H,4H2,1-3H3. The molecule has 0 atom stereocenters. The summed E-state index contributed by atoms with van der Waals surface area (Å²) >= 11 is 0. The van der Waals surface area contributed by atoms with Crippen LogP contribution in [0.5, 0.6) is 0 Å². The highest BCUT2D eigenvalue weighted by molar-refractivity contribution is 5.74. The van der Waals surface area contributed by atoms with Crippen molar-refractivity contribution < 1.29 is 0 Å². The molecule has 0 saturated heterocycles. The van der Waals surface area contributed by atoms with Crippen LogP contribution in [0.25, 0.3) is 11.0 Å². The molecule has 2 aromatic rings. The molecular formula is C11H13N3O3. The first-order valence-electron chi connectivity index (χ1n) is 5.28. The molecule has 2 aromatic heterocycles. The van der Waals surface area contributed by atoms with E-state index in [0.717, 1.165) is 4.57 Å². The van der Waals surface area contributed by atoms with Gasteiger partial charge in [-0.25, -0.2) is 4.79 Å². The second-order valence-electron chi connectivity index (χ2n) is 3.86. The molecule has 6 heteroatoms. The second-order valence-corrected chi connectivity index (χ2v) is 3.86. The third-order valence-electron chi connectivity index (χ3n) is 2.91. The van der Waals surface area contributed by atoms with Gasteiger partial charge >= 0.3 is 5.69 Å². The zero-order valence-electron chi connectivity index (χ0n) is 9.93. The van der Waals surface area contributed by atoms with Gasteiger partial charge in [-0.1, -0.05) is 0 Å². The smallest absolute Gasteiger partial charge is 0.297 e. The van der Waals surface area contributed by atoms with E-state index in [1.54, 1.807) is 14.0 Å². The van der Waals surface area contributed by atoms with Crippen molar-refractivity contribution in [2.45, 2.75) is 13.5 Å². The highest BCUT2D eigenvalue weighted by Crippen LogP contribution is 2.03. The fourth-order valence-electron chi connectivity index (χ4n) is 1.94. The first-order valence-corrected chi connectivity index (χ1v) is 5.28. The molecule has 2 rings (SSSR count). The average molecular weight is 235 g/mol. The summed E-state index contributed by atoms with van der Waals surface area (Å²) in [5.74, 6) is 0. The Labute approximate surface area is 96.3 Å². The van der Waals surface area contributed by atoms with Crippen LogP contribution in [0, 0.1) is 0 Å². The molecule has 0 bridgehead atoms. The maximum Gasteiger partial charge on any atom is 0.332 e. The third-order valence-corrected chi connectivity index (χ3v) is 2.91. The SMILES string of the molecule is CCn1c(=O)n(C)c(=O)c2ccc(=O)n(C)c21. The molecule has 90 valence electrons. The van der Waals surface area contributed by atoms with E-state index in [4.69, 9.17) is 0 Å². The quantitative estimate of drug-likeness (QED) is 0.664. The Hall–Kier alpha value is -2.11. The summed E-state index contributed by atoms with van der Waals surface area (Å²) in [6.45, 7) is 2.20.